The molecule has 0 aliphatic rings. The second kappa shape index (κ2) is 3.75. The van der Waals surface area contributed by atoms with Crippen molar-refractivity contribution in [1.82, 2.24) is 0 Å². The van der Waals surface area contributed by atoms with Crippen molar-refractivity contribution in [1.29, 1.82) is 5.26 Å². The number of nitriles is 1. The van der Waals surface area contributed by atoms with Crippen LogP contribution in [0.25, 0.3) is 0 Å². The third-order valence-electron chi connectivity index (χ3n) is 1.93. The van der Waals surface area contributed by atoms with Gasteiger partial charge in [-0.25, -0.2) is 0 Å². The normalized spacial score (nSPS) is 11.0. The van der Waals surface area contributed by atoms with Crippen LogP contribution in [0.1, 0.15) is 16.7 Å². The summed E-state index contributed by atoms with van der Waals surface area (Å²) in [7, 11) is 1.65. The molecule has 0 aliphatic heterocycles. The first-order valence-electron chi connectivity index (χ1n) is 4.09. The van der Waals surface area contributed by atoms with E-state index in [1.165, 1.54) is 12.1 Å². The molecule has 0 bridgehead atoms. The Morgan fingerprint density at radius 1 is 1.36 bits per heavy atom. The molecule has 1 rings (SSSR count). The molecule has 14 heavy (non-hydrogen) atoms. The Hall–Kier alpha value is -1.44. The SMILES string of the molecule is BCc1ccc(C#N)cc1C(F)(F)F. The second-order valence-corrected chi connectivity index (χ2v) is 2.84. The van der Waals surface area contributed by atoms with Crippen LogP contribution >= 0.6 is 0 Å². The van der Waals surface area contributed by atoms with Gasteiger partial charge in [-0.1, -0.05) is 12.4 Å². The Labute approximate surface area is 80.6 Å². The van der Waals surface area contributed by atoms with Gasteiger partial charge in [0.05, 0.1) is 17.2 Å². The van der Waals surface area contributed by atoms with Gasteiger partial charge in [-0.3, -0.25) is 0 Å². The van der Waals surface area contributed by atoms with Gasteiger partial charge in [0.15, 0.2) is 0 Å². The van der Waals surface area contributed by atoms with Crippen molar-refractivity contribution in [3.8, 4) is 6.07 Å². The average Bonchev–Trinajstić information content (AvgIpc) is 2.15. The highest BCUT2D eigenvalue weighted by Crippen LogP contribution is 2.32. The zero-order chi connectivity index (χ0) is 10.8. The van der Waals surface area contributed by atoms with E-state index in [2.05, 4.69) is 0 Å². The largest absolute Gasteiger partial charge is 0.416 e. The molecular formula is C9H7BF3N. The van der Waals surface area contributed by atoms with Crippen LogP contribution in [0.15, 0.2) is 18.2 Å². The summed E-state index contributed by atoms with van der Waals surface area (Å²) in [5.41, 5.74) is -0.454. The van der Waals surface area contributed by atoms with Crippen molar-refractivity contribution < 1.29 is 13.2 Å². The molecule has 0 radical (unpaired) electrons. The minimum Gasteiger partial charge on any atom is -0.192 e. The molecule has 0 N–H and O–H groups in total. The van der Waals surface area contributed by atoms with Gasteiger partial charge in [0.25, 0.3) is 0 Å². The number of hydrogen-bond donors (Lipinski definition) is 0. The van der Waals surface area contributed by atoms with Crippen molar-refractivity contribution in [3.05, 3.63) is 34.9 Å². The fourth-order valence-electron chi connectivity index (χ4n) is 1.22. The van der Waals surface area contributed by atoms with Crippen LogP contribution in [0.3, 0.4) is 0 Å². The van der Waals surface area contributed by atoms with Crippen LogP contribution in [-0.2, 0) is 12.5 Å². The zero-order valence-corrected chi connectivity index (χ0v) is 7.52. The number of alkyl halides is 3. The molecule has 0 aromatic heterocycles. The van der Waals surface area contributed by atoms with E-state index in [9.17, 15) is 13.2 Å². The minimum atomic E-state index is -4.38. The summed E-state index contributed by atoms with van der Waals surface area (Å²) in [5.74, 6) is 0. The average molecular weight is 197 g/mol. The highest BCUT2D eigenvalue weighted by molar-refractivity contribution is 6.08. The molecule has 0 saturated carbocycles. The predicted octanol–water partition coefficient (Wildman–Crippen LogP) is 1.71. The number of nitrogens with zero attached hydrogens (tertiary/aromatic N) is 1. The van der Waals surface area contributed by atoms with Crippen molar-refractivity contribution in [2.24, 2.45) is 0 Å². The summed E-state index contributed by atoms with van der Waals surface area (Å²) in [6.07, 6.45) is -4.07. The monoisotopic (exact) mass is 197 g/mol. The van der Waals surface area contributed by atoms with E-state index >= 15 is 0 Å². The Morgan fingerprint density at radius 3 is 2.43 bits per heavy atom. The van der Waals surface area contributed by atoms with E-state index < -0.39 is 11.7 Å². The Kier molecular flexibility index (Phi) is 2.85. The maximum Gasteiger partial charge on any atom is 0.416 e. The highest BCUT2D eigenvalue weighted by Gasteiger charge is 2.32. The minimum absolute atomic E-state index is 0.0366. The van der Waals surface area contributed by atoms with Crippen molar-refractivity contribution in [2.45, 2.75) is 12.5 Å². The molecule has 0 fully saturated rings. The molecule has 0 unspecified atom stereocenters. The Bertz CT molecular complexity index is 379. The molecule has 0 saturated heterocycles. The smallest absolute Gasteiger partial charge is 0.192 e. The lowest BCUT2D eigenvalue weighted by atomic mass is 9.91. The van der Waals surface area contributed by atoms with Gasteiger partial charge in [-0.2, -0.15) is 18.4 Å². The molecule has 0 spiro atoms. The molecule has 0 aliphatic carbocycles. The summed E-state index contributed by atoms with van der Waals surface area (Å²) in [5, 5.41) is 8.47. The summed E-state index contributed by atoms with van der Waals surface area (Å²) < 4.78 is 37.3. The number of benzene rings is 1. The number of hydrogen-bond acceptors (Lipinski definition) is 1. The van der Waals surface area contributed by atoms with Crippen LogP contribution in [0.5, 0.6) is 0 Å². The van der Waals surface area contributed by atoms with Crippen LogP contribution in [0.2, 0.25) is 0 Å². The predicted molar refractivity (Wildman–Crippen MR) is 48.4 cm³/mol. The van der Waals surface area contributed by atoms with Crippen molar-refractivity contribution >= 4 is 7.85 Å². The fourth-order valence-corrected chi connectivity index (χ4v) is 1.22. The van der Waals surface area contributed by atoms with Crippen LogP contribution in [0, 0.1) is 11.3 Å². The summed E-state index contributed by atoms with van der Waals surface area (Å²) in [6, 6.07) is 5.32. The third kappa shape index (κ3) is 2.08. The Morgan fingerprint density at radius 2 is 2.00 bits per heavy atom. The van der Waals surface area contributed by atoms with Gasteiger partial charge in [0, 0.05) is 0 Å². The Balaban J connectivity index is 3.31. The lowest BCUT2D eigenvalue weighted by molar-refractivity contribution is -0.138. The lowest BCUT2D eigenvalue weighted by Gasteiger charge is -2.11. The molecular weight excluding hydrogens is 190 g/mol. The van der Waals surface area contributed by atoms with Crippen LogP contribution < -0.4 is 0 Å². The van der Waals surface area contributed by atoms with Crippen molar-refractivity contribution in [3.63, 3.8) is 0 Å². The van der Waals surface area contributed by atoms with Gasteiger partial charge in [-0.15, -0.1) is 0 Å². The van der Waals surface area contributed by atoms with Crippen LogP contribution in [0.4, 0.5) is 13.2 Å². The van der Waals surface area contributed by atoms with Crippen molar-refractivity contribution in [2.75, 3.05) is 0 Å². The van der Waals surface area contributed by atoms with E-state index in [0.29, 0.717) is 6.32 Å². The van der Waals surface area contributed by atoms with E-state index in [4.69, 9.17) is 5.26 Å². The molecule has 72 valence electrons. The van der Waals surface area contributed by atoms with Gasteiger partial charge >= 0.3 is 6.18 Å². The topological polar surface area (TPSA) is 23.8 Å². The second-order valence-electron chi connectivity index (χ2n) is 2.84. The molecule has 0 amide bonds. The molecule has 1 aromatic rings. The zero-order valence-electron chi connectivity index (χ0n) is 7.52. The standard InChI is InChI=1S/C9H7BF3N/c10-4-7-2-1-6(5-14)3-8(7)9(11,12)13/h1-3H,4,10H2. The first kappa shape index (κ1) is 10.6. The molecule has 0 atom stereocenters. The quantitative estimate of drug-likeness (QED) is 0.628. The molecule has 1 nitrogen and oxygen atoms in total. The molecule has 1 aromatic carbocycles. The lowest BCUT2D eigenvalue weighted by Crippen LogP contribution is -2.09. The summed E-state index contributed by atoms with van der Waals surface area (Å²) in [6.45, 7) is 0. The maximum absolute atomic E-state index is 12.4. The van der Waals surface area contributed by atoms with Gasteiger partial charge in [0.2, 0.25) is 0 Å². The van der Waals surface area contributed by atoms with E-state index in [1.807, 2.05) is 0 Å². The van der Waals surface area contributed by atoms with Gasteiger partial charge < -0.3 is 0 Å². The first-order valence-corrected chi connectivity index (χ1v) is 4.09. The fraction of sp³-hybridized carbons (Fsp3) is 0.222. The number of halogens is 3. The maximum atomic E-state index is 12.4. The molecule has 5 heteroatoms. The summed E-state index contributed by atoms with van der Waals surface area (Å²) >= 11 is 0. The van der Waals surface area contributed by atoms with E-state index in [0.717, 1.165) is 6.07 Å². The van der Waals surface area contributed by atoms with Gasteiger partial charge in [-0.05, 0) is 17.7 Å². The van der Waals surface area contributed by atoms with E-state index in [-0.39, 0.29) is 11.1 Å². The van der Waals surface area contributed by atoms with E-state index in [1.54, 1.807) is 13.9 Å². The highest BCUT2D eigenvalue weighted by atomic mass is 19.4. The third-order valence-corrected chi connectivity index (χ3v) is 1.93. The summed E-state index contributed by atoms with van der Waals surface area (Å²) in [4.78, 5) is 0. The molecule has 0 heterocycles. The van der Waals surface area contributed by atoms with Crippen LogP contribution in [-0.4, -0.2) is 7.85 Å². The van der Waals surface area contributed by atoms with Gasteiger partial charge in [0.1, 0.15) is 7.85 Å². The number of rotatable bonds is 1. The first-order chi connectivity index (χ1) is 6.49.